The predicted octanol–water partition coefficient (Wildman–Crippen LogP) is 3.36. The van der Waals surface area contributed by atoms with Crippen LogP contribution in [0, 0.1) is 12.3 Å². The highest BCUT2D eigenvalue weighted by Gasteiger charge is 2.20. The molecule has 6 heteroatoms. The van der Waals surface area contributed by atoms with Crippen LogP contribution in [-0.2, 0) is 7.05 Å². The van der Waals surface area contributed by atoms with E-state index in [1.165, 1.54) is 0 Å². The Kier molecular flexibility index (Phi) is 5.96. The molecule has 0 saturated heterocycles. The summed E-state index contributed by atoms with van der Waals surface area (Å²) in [4.78, 5) is 16.8. The van der Waals surface area contributed by atoms with Gasteiger partial charge in [0.15, 0.2) is 0 Å². The third kappa shape index (κ3) is 3.73. The average molecular weight is 342 g/mol. The van der Waals surface area contributed by atoms with Crippen LogP contribution in [-0.4, -0.2) is 28.9 Å². The van der Waals surface area contributed by atoms with E-state index in [1.54, 1.807) is 7.05 Å². The maximum absolute atomic E-state index is 12.6. The Morgan fingerprint density at radius 2 is 2.08 bits per heavy atom. The van der Waals surface area contributed by atoms with Crippen LogP contribution in [0.4, 0.5) is 5.69 Å². The van der Waals surface area contributed by atoms with E-state index in [0.29, 0.717) is 41.7 Å². The van der Waals surface area contributed by atoms with E-state index in [1.807, 2.05) is 50.6 Å². The third-order valence-corrected chi connectivity index (χ3v) is 4.02. The molecule has 0 aliphatic rings. The van der Waals surface area contributed by atoms with Gasteiger partial charge in [0.1, 0.15) is 17.3 Å². The number of rotatable bonds is 7. The lowest BCUT2D eigenvalue weighted by Crippen LogP contribution is -2.25. The van der Waals surface area contributed by atoms with Gasteiger partial charge >= 0.3 is 0 Å². The number of nitrogens with one attached hydrogen (secondary N) is 2. The topological polar surface area (TPSA) is 80.0 Å². The SMILES string of the molecule is CCCC(=N)c1c(NC)c(=O)nc(-c2cc(C)ccc2OCC)n1C. The molecule has 0 bridgehead atoms. The molecule has 0 unspecified atom stereocenters. The van der Waals surface area contributed by atoms with Gasteiger partial charge in [0, 0.05) is 14.1 Å². The fourth-order valence-corrected chi connectivity index (χ4v) is 2.89. The first-order valence-corrected chi connectivity index (χ1v) is 8.54. The van der Waals surface area contributed by atoms with Crippen LogP contribution >= 0.6 is 0 Å². The summed E-state index contributed by atoms with van der Waals surface area (Å²) in [6.07, 6.45) is 1.43. The van der Waals surface area contributed by atoms with Gasteiger partial charge in [-0.25, -0.2) is 0 Å². The summed E-state index contributed by atoms with van der Waals surface area (Å²) in [6.45, 7) is 6.44. The average Bonchev–Trinajstić information content (AvgIpc) is 2.58. The summed E-state index contributed by atoms with van der Waals surface area (Å²) >= 11 is 0. The quantitative estimate of drug-likeness (QED) is 0.756. The zero-order chi connectivity index (χ0) is 18.6. The van der Waals surface area contributed by atoms with Gasteiger partial charge in [-0.2, -0.15) is 4.98 Å². The number of anilines is 1. The van der Waals surface area contributed by atoms with E-state index in [2.05, 4.69) is 10.3 Å². The molecule has 2 rings (SSSR count). The molecule has 1 aromatic carbocycles. The monoisotopic (exact) mass is 342 g/mol. The Morgan fingerprint density at radius 1 is 1.36 bits per heavy atom. The van der Waals surface area contributed by atoms with Gasteiger partial charge in [0.05, 0.1) is 23.6 Å². The fraction of sp³-hybridized carbons (Fsp3) is 0.421. The molecule has 0 fully saturated rings. The molecule has 134 valence electrons. The normalized spacial score (nSPS) is 10.6. The number of nitrogens with zero attached hydrogens (tertiary/aromatic N) is 2. The Morgan fingerprint density at radius 3 is 2.68 bits per heavy atom. The van der Waals surface area contributed by atoms with Crippen molar-refractivity contribution in [1.82, 2.24) is 9.55 Å². The van der Waals surface area contributed by atoms with Crippen LogP contribution < -0.4 is 15.6 Å². The summed E-state index contributed by atoms with van der Waals surface area (Å²) < 4.78 is 7.53. The van der Waals surface area contributed by atoms with E-state index in [-0.39, 0.29) is 5.56 Å². The van der Waals surface area contributed by atoms with Crippen molar-refractivity contribution < 1.29 is 4.74 Å². The van der Waals surface area contributed by atoms with Gasteiger partial charge in [-0.1, -0.05) is 25.0 Å². The van der Waals surface area contributed by atoms with Crippen molar-refractivity contribution in [3.05, 3.63) is 39.8 Å². The summed E-state index contributed by atoms with van der Waals surface area (Å²) in [7, 11) is 3.51. The van der Waals surface area contributed by atoms with E-state index in [4.69, 9.17) is 10.1 Å². The molecule has 0 aliphatic heterocycles. The summed E-state index contributed by atoms with van der Waals surface area (Å²) in [6, 6.07) is 5.82. The van der Waals surface area contributed by atoms with Crippen molar-refractivity contribution in [2.45, 2.75) is 33.6 Å². The molecule has 0 amide bonds. The highest BCUT2D eigenvalue weighted by molar-refractivity contribution is 6.01. The van der Waals surface area contributed by atoms with E-state index >= 15 is 0 Å². The lowest BCUT2D eigenvalue weighted by Gasteiger charge is -2.19. The lowest BCUT2D eigenvalue weighted by molar-refractivity contribution is 0.341. The van der Waals surface area contributed by atoms with Gasteiger partial charge in [-0.15, -0.1) is 0 Å². The molecule has 2 N–H and O–H groups in total. The standard InChI is InChI=1S/C19H26N4O2/c1-6-8-14(20)17-16(21-4)19(24)22-18(23(17)5)13-11-12(3)9-10-15(13)25-7-2/h9-11,20-21H,6-8H2,1-5H3. The number of aryl methyl sites for hydroxylation is 1. The molecular formula is C19H26N4O2. The molecule has 0 atom stereocenters. The fourth-order valence-electron chi connectivity index (χ4n) is 2.89. The minimum absolute atomic E-state index is 0.357. The van der Waals surface area contributed by atoms with Crippen molar-refractivity contribution in [3.63, 3.8) is 0 Å². The Hall–Kier alpha value is -2.63. The highest BCUT2D eigenvalue weighted by atomic mass is 16.5. The number of benzene rings is 1. The minimum atomic E-state index is -0.365. The highest BCUT2D eigenvalue weighted by Crippen LogP contribution is 2.30. The summed E-state index contributed by atoms with van der Waals surface area (Å²) in [5.74, 6) is 1.19. The molecular weight excluding hydrogens is 316 g/mol. The second-order valence-corrected chi connectivity index (χ2v) is 5.93. The van der Waals surface area contributed by atoms with Crippen molar-refractivity contribution in [2.24, 2.45) is 7.05 Å². The molecule has 0 saturated carbocycles. The Balaban J connectivity index is 2.78. The molecule has 6 nitrogen and oxygen atoms in total. The molecule has 0 radical (unpaired) electrons. The van der Waals surface area contributed by atoms with Crippen LogP contribution in [0.25, 0.3) is 11.4 Å². The second-order valence-electron chi connectivity index (χ2n) is 5.93. The van der Waals surface area contributed by atoms with Crippen LogP contribution in [0.1, 0.15) is 37.9 Å². The first-order chi connectivity index (χ1) is 11.9. The lowest BCUT2D eigenvalue weighted by atomic mass is 10.1. The van der Waals surface area contributed by atoms with E-state index in [0.717, 1.165) is 17.5 Å². The first-order valence-electron chi connectivity index (χ1n) is 8.54. The van der Waals surface area contributed by atoms with Crippen LogP contribution in [0.15, 0.2) is 23.0 Å². The second kappa shape index (κ2) is 7.96. The van der Waals surface area contributed by atoms with Gasteiger partial charge in [-0.3, -0.25) is 4.79 Å². The Labute approximate surface area is 148 Å². The van der Waals surface area contributed by atoms with Crippen molar-refractivity contribution in [2.75, 3.05) is 19.0 Å². The zero-order valence-corrected chi connectivity index (χ0v) is 15.6. The van der Waals surface area contributed by atoms with Crippen LogP contribution in [0.5, 0.6) is 5.75 Å². The summed E-state index contributed by atoms with van der Waals surface area (Å²) in [5.41, 5.74) is 2.79. The molecule has 0 aliphatic carbocycles. The van der Waals surface area contributed by atoms with Crippen LogP contribution in [0.2, 0.25) is 0 Å². The smallest absolute Gasteiger partial charge is 0.297 e. The van der Waals surface area contributed by atoms with Crippen molar-refractivity contribution in [3.8, 4) is 17.1 Å². The van der Waals surface area contributed by atoms with Crippen molar-refractivity contribution >= 4 is 11.4 Å². The maximum Gasteiger partial charge on any atom is 0.297 e. The number of ether oxygens (including phenoxy) is 1. The van der Waals surface area contributed by atoms with Gasteiger partial charge in [-0.05, 0) is 32.4 Å². The van der Waals surface area contributed by atoms with Crippen molar-refractivity contribution in [1.29, 1.82) is 5.41 Å². The number of hydrogen-bond acceptors (Lipinski definition) is 5. The van der Waals surface area contributed by atoms with E-state index in [9.17, 15) is 4.79 Å². The van der Waals surface area contributed by atoms with Gasteiger partial charge in [0.2, 0.25) is 0 Å². The molecule has 2 aromatic rings. The maximum atomic E-state index is 12.6. The molecule has 0 spiro atoms. The zero-order valence-electron chi connectivity index (χ0n) is 15.6. The predicted molar refractivity (Wildman–Crippen MR) is 102 cm³/mol. The first kappa shape index (κ1) is 18.7. The van der Waals surface area contributed by atoms with Gasteiger partial charge < -0.3 is 20.0 Å². The Bertz CT molecular complexity index is 840. The van der Waals surface area contributed by atoms with E-state index < -0.39 is 0 Å². The molecule has 1 aromatic heterocycles. The van der Waals surface area contributed by atoms with Gasteiger partial charge in [0.25, 0.3) is 5.56 Å². The molecule has 25 heavy (non-hydrogen) atoms. The third-order valence-electron chi connectivity index (χ3n) is 4.02. The minimum Gasteiger partial charge on any atom is -0.493 e. The number of hydrogen-bond donors (Lipinski definition) is 2. The molecule has 1 heterocycles. The van der Waals surface area contributed by atoms with Crippen LogP contribution in [0.3, 0.4) is 0 Å². The number of aromatic nitrogens is 2. The largest absolute Gasteiger partial charge is 0.493 e. The summed E-state index contributed by atoms with van der Waals surface area (Å²) in [5, 5.41) is 11.3.